The van der Waals surface area contributed by atoms with Crippen molar-refractivity contribution < 1.29 is 42.9 Å². The van der Waals surface area contributed by atoms with Gasteiger partial charge in [-0.3, -0.25) is 9.05 Å². The Morgan fingerprint density at radius 2 is 1.55 bits per heavy atom. The smallest absolute Gasteiger partial charge is 0.385 e. The second-order valence-electron chi connectivity index (χ2n) is 15.3. The minimum atomic E-state index is -4.83. The largest absolute Gasteiger partial charge is 0.472 e. The standard InChI is InChI=1S/C41H62N5O9P/c1-3-4-5-6-7-8-9-10-11-12-13-14-15-16-17-21-26-51-31(2)34(52-27-32-22-19-18-20-23-32)28-53-56(49,50)55-37-36-41(37,48)39(47)40(29-42,54-36)35-25-24-33-38(43)44-30-45-46(33)35/h18-20,22-25,30-31,34,36-37,39,47-48H,3-17,21,26-28H2,1-2H3,(H,49,50)(H2,43,44,45)/t31-,34+,36-,37?,39+,40+,41+/m1/s1. The van der Waals surface area contributed by atoms with Crippen LogP contribution in [0.1, 0.15) is 128 Å². The molecule has 310 valence electrons. The number of hydrogen-bond acceptors (Lipinski definition) is 12. The number of phosphoric ester groups is 1. The second-order valence-corrected chi connectivity index (χ2v) is 16.7. The summed E-state index contributed by atoms with van der Waals surface area (Å²) in [6.45, 7) is 4.49. The molecule has 1 saturated heterocycles. The van der Waals surface area contributed by atoms with E-state index in [2.05, 4.69) is 17.0 Å². The molecule has 1 aliphatic heterocycles. The minimum Gasteiger partial charge on any atom is -0.385 e. The predicted molar refractivity (Wildman–Crippen MR) is 211 cm³/mol. The summed E-state index contributed by atoms with van der Waals surface area (Å²) in [7, 11) is -4.83. The fourth-order valence-electron chi connectivity index (χ4n) is 7.57. The van der Waals surface area contributed by atoms with E-state index < -0.39 is 49.5 Å². The lowest BCUT2D eigenvalue weighted by Crippen LogP contribution is -2.47. The number of nitriles is 1. The van der Waals surface area contributed by atoms with Crippen LogP contribution in [-0.2, 0) is 40.0 Å². The van der Waals surface area contributed by atoms with Gasteiger partial charge in [-0.25, -0.2) is 14.1 Å². The van der Waals surface area contributed by atoms with Crippen molar-refractivity contribution in [1.82, 2.24) is 14.6 Å². The first-order valence-electron chi connectivity index (χ1n) is 20.6. The van der Waals surface area contributed by atoms with Gasteiger partial charge in [-0.2, -0.15) is 10.4 Å². The van der Waals surface area contributed by atoms with Gasteiger partial charge in [0.2, 0.25) is 5.60 Å². The molecule has 2 unspecified atom stereocenters. The third-order valence-corrected chi connectivity index (χ3v) is 12.1. The van der Waals surface area contributed by atoms with Crippen LogP contribution in [-0.4, -0.2) is 79.0 Å². The molecule has 56 heavy (non-hydrogen) atoms. The van der Waals surface area contributed by atoms with Gasteiger partial charge in [0.15, 0.2) is 11.4 Å². The van der Waals surface area contributed by atoms with Gasteiger partial charge >= 0.3 is 7.82 Å². The van der Waals surface area contributed by atoms with Gasteiger partial charge in [-0.05, 0) is 31.0 Å². The summed E-state index contributed by atoms with van der Waals surface area (Å²) in [5.74, 6) is 0.140. The van der Waals surface area contributed by atoms with E-state index in [1.54, 1.807) is 6.07 Å². The number of nitrogens with two attached hydrogens (primary N) is 1. The van der Waals surface area contributed by atoms with Crippen molar-refractivity contribution in [2.45, 2.75) is 165 Å². The van der Waals surface area contributed by atoms with Crippen LogP contribution in [0.15, 0.2) is 48.8 Å². The Morgan fingerprint density at radius 1 is 0.946 bits per heavy atom. The Balaban J connectivity index is 1.03. The average Bonchev–Trinajstić information content (AvgIpc) is 3.43. The van der Waals surface area contributed by atoms with Gasteiger partial charge in [-0.15, -0.1) is 0 Å². The highest BCUT2D eigenvalue weighted by molar-refractivity contribution is 7.47. The number of aliphatic hydroxyl groups excluding tert-OH is 1. The zero-order valence-corrected chi connectivity index (χ0v) is 33.9. The third-order valence-electron chi connectivity index (χ3n) is 11.1. The van der Waals surface area contributed by atoms with Gasteiger partial charge in [0.05, 0.1) is 25.0 Å². The molecule has 0 amide bonds. The van der Waals surface area contributed by atoms with E-state index in [1.807, 2.05) is 43.3 Å². The van der Waals surface area contributed by atoms with Gasteiger partial charge < -0.3 is 35.1 Å². The number of unbranched alkanes of at least 4 members (excludes halogenated alkanes) is 15. The number of nitrogen functional groups attached to an aromatic ring is 1. The number of benzene rings is 1. The van der Waals surface area contributed by atoms with Crippen LogP contribution in [0.3, 0.4) is 0 Å². The number of fused-ring (bicyclic) bond motifs is 2. The van der Waals surface area contributed by atoms with Crippen molar-refractivity contribution in [3.05, 3.63) is 60.0 Å². The molecule has 0 radical (unpaired) electrons. The van der Waals surface area contributed by atoms with Crippen molar-refractivity contribution in [2.24, 2.45) is 0 Å². The zero-order chi connectivity index (χ0) is 40.0. The molecular weight excluding hydrogens is 737 g/mol. The highest BCUT2D eigenvalue weighted by Gasteiger charge is 2.83. The highest BCUT2D eigenvalue weighted by Crippen LogP contribution is 2.63. The zero-order valence-electron chi connectivity index (χ0n) is 33.0. The summed E-state index contributed by atoms with van der Waals surface area (Å²) >= 11 is 0. The SMILES string of the molecule is CCCCCCCCCCCCCCCCCCO[C@H](C)[C@H](COP(=O)(O)OC1[C@H]2O[C@@](C#N)(c3ccc4c(N)ncnn34)[C@H](O)[C@@]12O)OCc1ccccc1. The van der Waals surface area contributed by atoms with Gasteiger partial charge in [0.25, 0.3) is 0 Å². The lowest BCUT2D eigenvalue weighted by atomic mass is 9.90. The van der Waals surface area contributed by atoms with E-state index in [0.717, 1.165) is 24.8 Å². The molecule has 15 heteroatoms. The van der Waals surface area contributed by atoms with E-state index in [1.165, 1.54) is 100 Å². The van der Waals surface area contributed by atoms with Crippen LogP contribution in [0.2, 0.25) is 0 Å². The molecule has 1 saturated carbocycles. The summed E-state index contributed by atoms with van der Waals surface area (Å²) in [4.78, 5) is 14.7. The fourth-order valence-corrected chi connectivity index (χ4v) is 8.54. The lowest BCUT2D eigenvalue weighted by molar-refractivity contribution is -0.110. The summed E-state index contributed by atoms with van der Waals surface area (Å²) in [6.07, 6.45) is 15.9. The first-order chi connectivity index (χ1) is 27.1. The number of aromatic nitrogens is 3. The molecule has 5 N–H and O–H groups in total. The Bertz CT molecular complexity index is 1730. The van der Waals surface area contributed by atoms with Crippen molar-refractivity contribution >= 4 is 19.2 Å². The number of nitrogens with zero attached hydrogens (tertiary/aromatic N) is 4. The molecule has 2 aromatic heterocycles. The third kappa shape index (κ3) is 11.2. The van der Waals surface area contributed by atoms with E-state index in [4.69, 9.17) is 29.0 Å². The normalized spacial score (nSPS) is 25.1. The molecule has 3 heterocycles. The van der Waals surface area contributed by atoms with Crippen LogP contribution in [0, 0.1) is 11.3 Å². The highest BCUT2D eigenvalue weighted by atomic mass is 31.2. The number of hydrogen-bond donors (Lipinski definition) is 4. The molecule has 8 atom stereocenters. The topological polar surface area (TPSA) is 204 Å². The van der Waals surface area contributed by atoms with E-state index in [9.17, 15) is 24.9 Å². The Morgan fingerprint density at radius 3 is 2.12 bits per heavy atom. The molecular formula is C41H62N5O9P. The van der Waals surface area contributed by atoms with Crippen molar-refractivity contribution in [3.63, 3.8) is 0 Å². The Kier molecular flexibility index (Phi) is 16.7. The van der Waals surface area contributed by atoms with E-state index in [0.29, 0.717) is 12.1 Å². The van der Waals surface area contributed by atoms with Crippen LogP contribution in [0.4, 0.5) is 5.82 Å². The summed E-state index contributed by atoms with van der Waals surface area (Å²) < 4.78 is 43.3. The monoisotopic (exact) mass is 799 g/mol. The number of ether oxygens (including phenoxy) is 3. The number of phosphoric acid groups is 1. The van der Waals surface area contributed by atoms with Gasteiger partial charge in [0, 0.05) is 6.61 Å². The molecule has 0 spiro atoms. The summed E-state index contributed by atoms with van der Waals surface area (Å²) in [6, 6.07) is 14.5. The minimum absolute atomic E-state index is 0.103. The van der Waals surface area contributed by atoms with Crippen LogP contribution >= 0.6 is 7.82 Å². The second kappa shape index (κ2) is 21.2. The van der Waals surface area contributed by atoms with Crippen molar-refractivity contribution in [1.29, 1.82) is 5.26 Å². The molecule has 14 nitrogen and oxygen atoms in total. The maximum Gasteiger partial charge on any atom is 0.472 e. The molecule has 5 rings (SSSR count). The quantitative estimate of drug-likeness (QED) is 0.0421. The molecule has 1 aliphatic carbocycles. The first-order valence-corrected chi connectivity index (χ1v) is 22.1. The van der Waals surface area contributed by atoms with Gasteiger partial charge in [0.1, 0.15) is 42.3 Å². The number of aliphatic hydroxyl groups is 2. The van der Waals surface area contributed by atoms with E-state index >= 15 is 0 Å². The molecule has 2 fully saturated rings. The lowest BCUT2D eigenvalue weighted by Gasteiger charge is -2.30. The average molecular weight is 800 g/mol. The van der Waals surface area contributed by atoms with Crippen molar-refractivity contribution in [3.8, 4) is 6.07 Å². The Labute approximate surface area is 331 Å². The van der Waals surface area contributed by atoms with Crippen molar-refractivity contribution in [2.75, 3.05) is 18.9 Å². The summed E-state index contributed by atoms with van der Waals surface area (Å²) in [5.41, 5.74) is 3.07. The molecule has 0 bridgehead atoms. The maximum atomic E-state index is 13.2. The van der Waals surface area contributed by atoms with Crippen LogP contribution in [0.25, 0.3) is 5.52 Å². The number of anilines is 1. The summed E-state index contributed by atoms with van der Waals surface area (Å²) in [5, 5.41) is 36.9. The van der Waals surface area contributed by atoms with E-state index in [-0.39, 0.29) is 24.7 Å². The molecule has 3 aromatic rings. The maximum absolute atomic E-state index is 13.2. The van der Waals surface area contributed by atoms with Crippen LogP contribution in [0.5, 0.6) is 0 Å². The Hall–Kier alpha value is -2.96. The first kappa shape index (κ1) is 44.1. The van der Waals surface area contributed by atoms with Gasteiger partial charge in [-0.1, -0.05) is 134 Å². The molecule has 1 aromatic carbocycles. The van der Waals surface area contributed by atoms with Crippen LogP contribution < -0.4 is 5.73 Å². The fraction of sp³-hybridized carbons (Fsp3) is 0.683. The molecule has 2 aliphatic rings. The predicted octanol–water partition coefficient (Wildman–Crippen LogP) is 7.29. The number of rotatable bonds is 28.